The second-order valence-electron chi connectivity index (χ2n) is 6.67. The molecule has 4 rings (SSSR count). The monoisotopic (exact) mass is 495 g/mol. The van der Waals surface area contributed by atoms with E-state index in [4.69, 9.17) is 0 Å². The van der Waals surface area contributed by atoms with Gasteiger partial charge in [-0.3, -0.25) is 9.59 Å². The van der Waals surface area contributed by atoms with Crippen LogP contribution in [0.2, 0.25) is 0 Å². The maximum absolute atomic E-state index is 12.4. The van der Waals surface area contributed by atoms with Crippen LogP contribution in [0.1, 0.15) is 10.4 Å². The molecule has 156 valence electrons. The number of thiazole rings is 1. The molecule has 2 amide bonds. The van der Waals surface area contributed by atoms with E-state index in [1.807, 2.05) is 54.2 Å². The van der Waals surface area contributed by atoms with Crippen LogP contribution in [-0.2, 0) is 11.8 Å². The van der Waals surface area contributed by atoms with Crippen molar-refractivity contribution >= 4 is 44.2 Å². The first-order valence-corrected chi connectivity index (χ1v) is 11.0. The van der Waals surface area contributed by atoms with E-state index in [9.17, 15) is 9.59 Å². The van der Waals surface area contributed by atoms with E-state index in [-0.39, 0.29) is 18.4 Å². The van der Waals surface area contributed by atoms with Crippen molar-refractivity contribution in [3.63, 3.8) is 0 Å². The molecule has 0 unspecified atom stereocenters. The third-order valence-electron chi connectivity index (χ3n) is 4.44. The zero-order valence-electron chi connectivity index (χ0n) is 16.5. The van der Waals surface area contributed by atoms with E-state index in [1.165, 1.54) is 11.3 Å². The third kappa shape index (κ3) is 4.89. The van der Waals surface area contributed by atoms with Crippen molar-refractivity contribution in [1.29, 1.82) is 0 Å². The van der Waals surface area contributed by atoms with Gasteiger partial charge in [-0.1, -0.05) is 63.7 Å². The van der Waals surface area contributed by atoms with E-state index in [0.717, 1.165) is 26.4 Å². The molecule has 0 saturated carbocycles. The van der Waals surface area contributed by atoms with Gasteiger partial charge in [-0.2, -0.15) is 0 Å². The minimum Gasteiger partial charge on any atom is -0.343 e. The maximum Gasteiger partial charge on any atom is 0.251 e. The van der Waals surface area contributed by atoms with Crippen LogP contribution in [0, 0.1) is 0 Å². The molecule has 2 heterocycles. The smallest absolute Gasteiger partial charge is 0.251 e. The van der Waals surface area contributed by atoms with E-state index in [1.54, 1.807) is 24.4 Å². The van der Waals surface area contributed by atoms with Crippen LogP contribution in [0.3, 0.4) is 0 Å². The highest BCUT2D eigenvalue weighted by Crippen LogP contribution is 2.37. The fourth-order valence-electron chi connectivity index (χ4n) is 2.96. The van der Waals surface area contributed by atoms with Gasteiger partial charge in [0.25, 0.3) is 5.91 Å². The summed E-state index contributed by atoms with van der Waals surface area (Å²) in [7, 11) is 1.91. The van der Waals surface area contributed by atoms with E-state index < -0.39 is 0 Å². The second-order valence-corrected chi connectivity index (χ2v) is 8.58. The Labute approximate surface area is 191 Å². The highest BCUT2D eigenvalue weighted by molar-refractivity contribution is 9.10. The Morgan fingerprint density at radius 1 is 1.13 bits per heavy atom. The molecule has 0 atom stereocenters. The van der Waals surface area contributed by atoms with Crippen molar-refractivity contribution in [2.24, 2.45) is 7.05 Å². The van der Waals surface area contributed by atoms with Gasteiger partial charge in [0.1, 0.15) is 0 Å². The van der Waals surface area contributed by atoms with Gasteiger partial charge in [-0.25, -0.2) is 9.97 Å². The lowest BCUT2D eigenvalue weighted by Gasteiger charge is -2.05. The summed E-state index contributed by atoms with van der Waals surface area (Å²) in [6.45, 7) is -0.163. The van der Waals surface area contributed by atoms with Gasteiger partial charge in [0.05, 0.1) is 17.1 Å². The Hall–Kier alpha value is -3.30. The molecule has 0 aliphatic heterocycles. The number of nitrogens with zero attached hydrogens (tertiary/aromatic N) is 3. The Balaban J connectivity index is 1.51. The summed E-state index contributed by atoms with van der Waals surface area (Å²) < 4.78 is 2.70. The van der Waals surface area contributed by atoms with Gasteiger partial charge in [0, 0.05) is 35.0 Å². The van der Waals surface area contributed by atoms with Crippen LogP contribution in [-0.4, -0.2) is 32.9 Å². The maximum atomic E-state index is 12.4. The predicted molar refractivity (Wildman–Crippen MR) is 125 cm³/mol. The normalized spacial score (nSPS) is 10.6. The SMILES string of the molecule is Cn1ccnc1-c1sc(NC(=O)CNC(=O)c2cccc(Br)c2)nc1-c1ccccc1. The van der Waals surface area contributed by atoms with Gasteiger partial charge in [-0.15, -0.1) is 0 Å². The van der Waals surface area contributed by atoms with E-state index >= 15 is 0 Å². The van der Waals surface area contributed by atoms with Crippen molar-refractivity contribution in [3.8, 4) is 22.0 Å². The average molecular weight is 496 g/mol. The number of amides is 2. The standard InChI is InChI=1S/C22H18BrN5O2S/c1-28-11-10-24-20(28)19-18(14-6-3-2-4-7-14)27-22(31-19)26-17(29)13-25-21(30)15-8-5-9-16(23)12-15/h2-12H,13H2,1H3,(H,25,30)(H,26,27,29). The first-order valence-electron chi connectivity index (χ1n) is 9.39. The van der Waals surface area contributed by atoms with Crippen LogP contribution in [0.4, 0.5) is 5.13 Å². The molecular formula is C22H18BrN5O2S. The summed E-state index contributed by atoms with van der Waals surface area (Å²) in [5.74, 6) is 0.0807. The van der Waals surface area contributed by atoms with Gasteiger partial charge < -0.3 is 15.2 Å². The summed E-state index contributed by atoms with van der Waals surface area (Å²) >= 11 is 4.67. The summed E-state index contributed by atoms with van der Waals surface area (Å²) in [5.41, 5.74) is 2.15. The number of carbonyl (C=O) groups is 2. The number of hydrogen-bond acceptors (Lipinski definition) is 5. The number of hydrogen-bond donors (Lipinski definition) is 2. The fourth-order valence-corrected chi connectivity index (χ4v) is 4.40. The molecule has 0 aliphatic rings. The van der Waals surface area contributed by atoms with Gasteiger partial charge >= 0.3 is 0 Å². The number of anilines is 1. The largest absolute Gasteiger partial charge is 0.343 e. The predicted octanol–water partition coefficient (Wildman–Crippen LogP) is 4.34. The highest BCUT2D eigenvalue weighted by Gasteiger charge is 2.19. The third-order valence-corrected chi connectivity index (χ3v) is 5.90. The molecule has 2 aromatic carbocycles. The molecule has 0 aliphatic carbocycles. The molecule has 2 aromatic heterocycles. The zero-order valence-corrected chi connectivity index (χ0v) is 18.9. The lowest BCUT2D eigenvalue weighted by atomic mass is 10.1. The highest BCUT2D eigenvalue weighted by atomic mass is 79.9. The van der Waals surface area contributed by atoms with E-state index in [2.05, 4.69) is 36.5 Å². The summed E-state index contributed by atoms with van der Waals surface area (Å²) in [6, 6.07) is 16.7. The average Bonchev–Trinajstić information content (AvgIpc) is 3.38. The molecule has 0 radical (unpaired) electrons. The molecule has 0 fully saturated rings. The molecule has 0 bridgehead atoms. The molecule has 0 saturated heterocycles. The summed E-state index contributed by atoms with van der Waals surface area (Å²) in [4.78, 5) is 34.6. The van der Waals surface area contributed by atoms with Crippen LogP contribution in [0.25, 0.3) is 22.0 Å². The van der Waals surface area contributed by atoms with Crippen molar-refractivity contribution in [1.82, 2.24) is 19.9 Å². The summed E-state index contributed by atoms with van der Waals surface area (Å²) in [5, 5.41) is 5.85. The number of carbonyl (C=O) groups excluding carboxylic acids is 2. The van der Waals surface area contributed by atoms with Crippen LogP contribution < -0.4 is 10.6 Å². The van der Waals surface area contributed by atoms with Crippen molar-refractivity contribution in [2.75, 3.05) is 11.9 Å². The molecular weight excluding hydrogens is 478 g/mol. The number of aryl methyl sites for hydroxylation is 1. The molecule has 31 heavy (non-hydrogen) atoms. The number of aromatic nitrogens is 3. The lowest BCUT2D eigenvalue weighted by Crippen LogP contribution is -2.32. The number of nitrogens with one attached hydrogen (secondary N) is 2. The lowest BCUT2D eigenvalue weighted by molar-refractivity contribution is -0.115. The van der Waals surface area contributed by atoms with E-state index in [0.29, 0.717) is 10.7 Å². The van der Waals surface area contributed by atoms with Gasteiger partial charge in [0.15, 0.2) is 11.0 Å². The van der Waals surface area contributed by atoms with Gasteiger partial charge in [-0.05, 0) is 18.2 Å². The first-order chi connectivity index (χ1) is 15.0. The topological polar surface area (TPSA) is 88.9 Å². The molecule has 9 heteroatoms. The Kier molecular flexibility index (Phi) is 6.24. The van der Waals surface area contributed by atoms with Crippen molar-refractivity contribution < 1.29 is 9.59 Å². The van der Waals surface area contributed by atoms with Crippen LogP contribution >= 0.6 is 27.3 Å². The minimum absolute atomic E-state index is 0.163. The second kappa shape index (κ2) is 9.23. The molecule has 0 spiro atoms. The fraction of sp³-hybridized carbons (Fsp3) is 0.0909. The molecule has 4 aromatic rings. The van der Waals surface area contributed by atoms with Crippen molar-refractivity contribution in [2.45, 2.75) is 0 Å². The van der Waals surface area contributed by atoms with Crippen molar-refractivity contribution in [3.05, 3.63) is 77.0 Å². The number of rotatable bonds is 6. The molecule has 7 nitrogen and oxygen atoms in total. The molecule has 2 N–H and O–H groups in total. The zero-order chi connectivity index (χ0) is 21.8. The number of halogens is 1. The Morgan fingerprint density at radius 3 is 2.65 bits per heavy atom. The van der Waals surface area contributed by atoms with Crippen LogP contribution in [0.5, 0.6) is 0 Å². The van der Waals surface area contributed by atoms with Crippen LogP contribution in [0.15, 0.2) is 71.5 Å². The number of imidazole rings is 1. The van der Waals surface area contributed by atoms with Gasteiger partial charge in [0.2, 0.25) is 5.91 Å². The Bertz CT molecular complexity index is 1240. The number of benzene rings is 2. The summed E-state index contributed by atoms with van der Waals surface area (Å²) in [6.07, 6.45) is 3.58. The quantitative estimate of drug-likeness (QED) is 0.416. The minimum atomic E-state index is -0.358. The first kappa shape index (κ1) is 21.0. The Morgan fingerprint density at radius 2 is 1.94 bits per heavy atom.